The first-order valence-corrected chi connectivity index (χ1v) is 7.70. The van der Waals surface area contributed by atoms with Crippen LogP contribution in [-0.2, 0) is 6.54 Å². The van der Waals surface area contributed by atoms with Crippen LogP contribution >= 0.6 is 0 Å². The Morgan fingerprint density at radius 3 is 2.70 bits per heavy atom. The highest BCUT2D eigenvalue weighted by Crippen LogP contribution is 2.20. The van der Waals surface area contributed by atoms with Crippen molar-refractivity contribution in [2.45, 2.75) is 13.0 Å². The Hall–Kier alpha value is -0.970. The van der Waals surface area contributed by atoms with E-state index in [0.29, 0.717) is 0 Å². The molecule has 2 heterocycles. The van der Waals surface area contributed by atoms with E-state index in [1.54, 1.807) is 12.1 Å². The molecule has 2 aliphatic rings. The fraction of sp³-hybridized carbons (Fsp3) is 0.625. The third kappa shape index (κ3) is 3.57. The summed E-state index contributed by atoms with van der Waals surface area (Å²) < 4.78 is 13.7. The summed E-state index contributed by atoms with van der Waals surface area (Å²) in [5.74, 6) is 0.679. The lowest BCUT2D eigenvalue weighted by atomic mass is 10.1. The van der Waals surface area contributed by atoms with Crippen LogP contribution in [-0.4, -0.2) is 55.6 Å². The number of benzene rings is 1. The molecule has 1 unspecified atom stereocenters. The fourth-order valence-corrected chi connectivity index (χ4v) is 3.33. The quantitative estimate of drug-likeness (QED) is 0.901. The van der Waals surface area contributed by atoms with Crippen LogP contribution in [0.1, 0.15) is 12.0 Å². The lowest BCUT2D eigenvalue weighted by Gasteiger charge is -2.29. The Kier molecular flexibility index (Phi) is 4.65. The van der Waals surface area contributed by atoms with Gasteiger partial charge in [-0.2, -0.15) is 0 Å². The molecule has 0 aliphatic carbocycles. The molecule has 0 radical (unpaired) electrons. The van der Waals surface area contributed by atoms with Crippen LogP contribution in [0.4, 0.5) is 4.39 Å². The van der Waals surface area contributed by atoms with Crippen molar-refractivity contribution in [1.82, 2.24) is 15.1 Å². The van der Waals surface area contributed by atoms with Gasteiger partial charge in [-0.1, -0.05) is 18.2 Å². The first-order valence-electron chi connectivity index (χ1n) is 7.70. The van der Waals surface area contributed by atoms with Gasteiger partial charge in [-0.15, -0.1) is 0 Å². The molecule has 20 heavy (non-hydrogen) atoms. The Bertz CT molecular complexity index is 431. The summed E-state index contributed by atoms with van der Waals surface area (Å²) in [5.41, 5.74) is 0.829. The van der Waals surface area contributed by atoms with Gasteiger partial charge in [-0.05, 0) is 24.9 Å². The summed E-state index contributed by atoms with van der Waals surface area (Å²) in [6.45, 7) is 8.74. The average Bonchev–Trinajstić information content (AvgIpc) is 2.90. The molecular weight excluding hydrogens is 253 g/mol. The molecule has 0 bridgehead atoms. The third-order valence-electron chi connectivity index (χ3n) is 4.45. The van der Waals surface area contributed by atoms with Crippen LogP contribution in [0.3, 0.4) is 0 Å². The predicted octanol–water partition coefficient (Wildman–Crippen LogP) is 1.55. The van der Waals surface area contributed by atoms with E-state index < -0.39 is 0 Å². The summed E-state index contributed by atoms with van der Waals surface area (Å²) >= 11 is 0. The van der Waals surface area contributed by atoms with Gasteiger partial charge in [0.15, 0.2) is 0 Å². The van der Waals surface area contributed by atoms with Crippen LogP contribution in [0.2, 0.25) is 0 Å². The SMILES string of the molecule is Fc1ccccc1CN1CCC(CN2CCNCC2)C1. The predicted molar refractivity (Wildman–Crippen MR) is 79.1 cm³/mol. The normalized spacial score (nSPS) is 25.1. The van der Waals surface area contributed by atoms with Gasteiger partial charge in [0.25, 0.3) is 0 Å². The molecule has 1 aromatic carbocycles. The van der Waals surface area contributed by atoms with Crippen molar-refractivity contribution >= 4 is 0 Å². The van der Waals surface area contributed by atoms with Gasteiger partial charge < -0.3 is 10.2 Å². The first kappa shape index (κ1) is 14.0. The molecule has 0 aromatic heterocycles. The van der Waals surface area contributed by atoms with Crippen molar-refractivity contribution in [3.8, 4) is 0 Å². The number of nitrogens with one attached hydrogen (secondary N) is 1. The number of piperazine rings is 1. The van der Waals surface area contributed by atoms with Gasteiger partial charge in [-0.3, -0.25) is 4.90 Å². The molecule has 3 rings (SSSR count). The number of hydrogen-bond donors (Lipinski definition) is 1. The van der Waals surface area contributed by atoms with E-state index in [1.165, 1.54) is 26.1 Å². The zero-order chi connectivity index (χ0) is 13.8. The molecule has 1 N–H and O–H groups in total. The van der Waals surface area contributed by atoms with Crippen molar-refractivity contribution in [1.29, 1.82) is 0 Å². The number of halogens is 1. The van der Waals surface area contributed by atoms with E-state index in [4.69, 9.17) is 0 Å². The smallest absolute Gasteiger partial charge is 0.127 e. The third-order valence-corrected chi connectivity index (χ3v) is 4.45. The second-order valence-electron chi connectivity index (χ2n) is 6.03. The zero-order valence-corrected chi connectivity index (χ0v) is 12.0. The minimum Gasteiger partial charge on any atom is -0.314 e. The van der Waals surface area contributed by atoms with Crippen LogP contribution in [0.5, 0.6) is 0 Å². The summed E-state index contributed by atoms with van der Waals surface area (Å²) in [6.07, 6.45) is 1.25. The van der Waals surface area contributed by atoms with E-state index in [9.17, 15) is 4.39 Å². The van der Waals surface area contributed by atoms with E-state index in [2.05, 4.69) is 15.1 Å². The highest BCUT2D eigenvalue weighted by molar-refractivity contribution is 5.17. The van der Waals surface area contributed by atoms with Gasteiger partial charge >= 0.3 is 0 Å². The Morgan fingerprint density at radius 2 is 1.90 bits per heavy atom. The van der Waals surface area contributed by atoms with Crippen molar-refractivity contribution in [3.05, 3.63) is 35.6 Å². The van der Waals surface area contributed by atoms with E-state index in [-0.39, 0.29) is 5.82 Å². The topological polar surface area (TPSA) is 18.5 Å². The van der Waals surface area contributed by atoms with Gasteiger partial charge in [0.05, 0.1) is 0 Å². The lowest BCUT2D eigenvalue weighted by molar-refractivity contribution is 0.202. The standard InChI is InChI=1S/C16H24FN3/c17-16-4-2-1-3-15(16)13-20-8-5-14(12-20)11-19-9-6-18-7-10-19/h1-4,14,18H,5-13H2. The molecule has 1 atom stereocenters. The molecule has 110 valence electrons. The Labute approximate surface area is 120 Å². The molecular formula is C16H24FN3. The molecule has 2 aliphatic heterocycles. The van der Waals surface area contributed by atoms with Crippen molar-refractivity contribution < 1.29 is 4.39 Å². The minimum absolute atomic E-state index is 0.0712. The Balaban J connectivity index is 1.48. The maximum atomic E-state index is 13.7. The van der Waals surface area contributed by atoms with Crippen LogP contribution < -0.4 is 5.32 Å². The summed E-state index contributed by atoms with van der Waals surface area (Å²) in [7, 11) is 0. The number of likely N-dealkylation sites (tertiary alicyclic amines) is 1. The average molecular weight is 277 g/mol. The summed E-state index contributed by atoms with van der Waals surface area (Å²) in [4.78, 5) is 4.96. The molecule has 3 nitrogen and oxygen atoms in total. The van der Waals surface area contributed by atoms with Gasteiger partial charge in [0.2, 0.25) is 0 Å². The summed E-state index contributed by atoms with van der Waals surface area (Å²) in [5, 5.41) is 3.39. The van der Waals surface area contributed by atoms with E-state index in [0.717, 1.165) is 44.2 Å². The second kappa shape index (κ2) is 6.66. The minimum atomic E-state index is -0.0712. The second-order valence-corrected chi connectivity index (χ2v) is 6.03. The Morgan fingerprint density at radius 1 is 1.10 bits per heavy atom. The molecule has 2 fully saturated rings. The number of nitrogens with zero attached hydrogens (tertiary/aromatic N) is 2. The van der Waals surface area contributed by atoms with E-state index in [1.807, 2.05) is 12.1 Å². The van der Waals surface area contributed by atoms with Crippen LogP contribution in [0.25, 0.3) is 0 Å². The highest BCUT2D eigenvalue weighted by atomic mass is 19.1. The largest absolute Gasteiger partial charge is 0.314 e. The fourth-order valence-electron chi connectivity index (χ4n) is 3.33. The number of hydrogen-bond acceptors (Lipinski definition) is 3. The molecule has 2 saturated heterocycles. The zero-order valence-electron chi connectivity index (χ0n) is 12.0. The van der Waals surface area contributed by atoms with Crippen molar-refractivity contribution in [2.24, 2.45) is 5.92 Å². The van der Waals surface area contributed by atoms with Crippen LogP contribution in [0.15, 0.2) is 24.3 Å². The first-order chi connectivity index (χ1) is 9.81. The molecule has 0 spiro atoms. The molecule has 0 saturated carbocycles. The number of rotatable bonds is 4. The molecule has 0 amide bonds. The molecule has 4 heteroatoms. The summed E-state index contributed by atoms with van der Waals surface area (Å²) in [6, 6.07) is 7.14. The highest BCUT2D eigenvalue weighted by Gasteiger charge is 2.25. The monoisotopic (exact) mass is 277 g/mol. The van der Waals surface area contributed by atoms with Gasteiger partial charge in [0, 0.05) is 51.4 Å². The molecule has 1 aromatic rings. The lowest BCUT2D eigenvalue weighted by Crippen LogP contribution is -2.45. The van der Waals surface area contributed by atoms with Crippen LogP contribution in [0, 0.1) is 11.7 Å². The maximum Gasteiger partial charge on any atom is 0.127 e. The van der Waals surface area contributed by atoms with Gasteiger partial charge in [-0.25, -0.2) is 4.39 Å². The van der Waals surface area contributed by atoms with Gasteiger partial charge in [0.1, 0.15) is 5.82 Å². The maximum absolute atomic E-state index is 13.7. The van der Waals surface area contributed by atoms with E-state index >= 15 is 0 Å². The van der Waals surface area contributed by atoms with Crippen molar-refractivity contribution in [3.63, 3.8) is 0 Å². The van der Waals surface area contributed by atoms with Crippen molar-refractivity contribution in [2.75, 3.05) is 45.8 Å².